The van der Waals surface area contributed by atoms with E-state index in [9.17, 15) is 0 Å². The van der Waals surface area contributed by atoms with Crippen LogP contribution in [0.1, 0.15) is 43.4 Å². The van der Waals surface area contributed by atoms with Gasteiger partial charge in [0, 0.05) is 18.6 Å². The zero-order chi connectivity index (χ0) is 12.3. The van der Waals surface area contributed by atoms with Crippen LogP contribution >= 0.6 is 0 Å². The maximum atomic E-state index is 5.92. The van der Waals surface area contributed by atoms with Crippen LogP contribution in [0.15, 0.2) is 24.3 Å². The van der Waals surface area contributed by atoms with Gasteiger partial charge >= 0.3 is 0 Å². The van der Waals surface area contributed by atoms with E-state index >= 15 is 0 Å². The Bertz CT molecular complexity index is 362. The number of hydrogen-bond acceptors (Lipinski definition) is 2. The standard InChI is InChI=1S/C15H24N2/c1-11-7-8-13(9-11)17-15(10-16)14-6-4-3-5-12(14)2/h3-6,11,13,15,17H,7-10,16H2,1-2H3. The third-order valence-electron chi connectivity index (χ3n) is 3.93. The smallest absolute Gasteiger partial charge is 0.0449 e. The monoisotopic (exact) mass is 232 g/mol. The van der Waals surface area contributed by atoms with E-state index in [0.29, 0.717) is 18.6 Å². The lowest BCUT2D eigenvalue weighted by Gasteiger charge is -2.23. The van der Waals surface area contributed by atoms with Crippen LogP contribution in [-0.2, 0) is 0 Å². The van der Waals surface area contributed by atoms with Crippen molar-refractivity contribution in [2.75, 3.05) is 6.54 Å². The highest BCUT2D eigenvalue weighted by Crippen LogP contribution is 2.27. The number of rotatable bonds is 4. The lowest BCUT2D eigenvalue weighted by molar-refractivity contribution is 0.433. The molecule has 0 heterocycles. The summed E-state index contributed by atoms with van der Waals surface area (Å²) in [6.07, 6.45) is 3.94. The Balaban J connectivity index is 2.04. The van der Waals surface area contributed by atoms with Gasteiger partial charge in [0.2, 0.25) is 0 Å². The van der Waals surface area contributed by atoms with Crippen molar-refractivity contribution in [3.8, 4) is 0 Å². The molecule has 0 aromatic heterocycles. The Labute approximate surface area is 105 Å². The van der Waals surface area contributed by atoms with Gasteiger partial charge in [-0.2, -0.15) is 0 Å². The molecule has 3 unspecified atom stereocenters. The van der Waals surface area contributed by atoms with Gasteiger partial charge in [0.1, 0.15) is 0 Å². The van der Waals surface area contributed by atoms with E-state index in [1.807, 2.05) is 0 Å². The van der Waals surface area contributed by atoms with E-state index < -0.39 is 0 Å². The maximum absolute atomic E-state index is 5.92. The number of benzene rings is 1. The highest BCUT2D eigenvalue weighted by atomic mass is 15.0. The Kier molecular flexibility index (Phi) is 4.19. The van der Waals surface area contributed by atoms with Crippen LogP contribution < -0.4 is 11.1 Å². The average molecular weight is 232 g/mol. The Morgan fingerprint density at radius 2 is 2.12 bits per heavy atom. The van der Waals surface area contributed by atoms with Crippen molar-refractivity contribution in [1.82, 2.24) is 5.32 Å². The maximum Gasteiger partial charge on any atom is 0.0449 e. The SMILES string of the molecule is Cc1ccccc1C(CN)NC1CCC(C)C1. The highest BCUT2D eigenvalue weighted by Gasteiger charge is 2.24. The summed E-state index contributed by atoms with van der Waals surface area (Å²) in [4.78, 5) is 0. The minimum atomic E-state index is 0.312. The molecule has 94 valence electrons. The zero-order valence-electron chi connectivity index (χ0n) is 10.9. The van der Waals surface area contributed by atoms with Crippen LogP contribution in [-0.4, -0.2) is 12.6 Å². The van der Waals surface area contributed by atoms with Crippen molar-refractivity contribution in [2.24, 2.45) is 11.7 Å². The van der Waals surface area contributed by atoms with E-state index in [1.54, 1.807) is 0 Å². The van der Waals surface area contributed by atoms with E-state index in [0.717, 1.165) is 5.92 Å². The van der Waals surface area contributed by atoms with Gasteiger partial charge in [0.25, 0.3) is 0 Å². The van der Waals surface area contributed by atoms with Crippen molar-refractivity contribution in [3.63, 3.8) is 0 Å². The van der Waals surface area contributed by atoms with Crippen molar-refractivity contribution in [3.05, 3.63) is 35.4 Å². The number of nitrogens with one attached hydrogen (secondary N) is 1. The second-order valence-corrected chi connectivity index (χ2v) is 5.43. The van der Waals surface area contributed by atoms with E-state index in [4.69, 9.17) is 5.73 Å². The Morgan fingerprint density at radius 1 is 1.35 bits per heavy atom. The van der Waals surface area contributed by atoms with Crippen molar-refractivity contribution < 1.29 is 0 Å². The molecule has 3 atom stereocenters. The molecule has 0 amide bonds. The predicted octanol–water partition coefficient (Wildman–Crippen LogP) is 2.77. The summed E-state index contributed by atoms with van der Waals surface area (Å²) in [6, 6.07) is 9.51. The van der Waals surface area contributed by atoms with Crippen molar-refractivity contribution >= 4 is 0 Å². The van der Waals surface area contributed by atoms with E-state index in [1.165, 1.54) is 30.4 Å². The van der Waals surface area contributed by atoms with Crippen LogP contribution in [0.25, 0.3) is 0 Å². The van der Waals surface area contributed by atoms with Crippen molar-refractivity contribution in [1.29, 1.82) is 0 Å². The topological polar surface area (TPSA) is 38.0 Å². The zero-order valence-corrected chi connectivity index (χ0v) is 10.9. The molecule has 0 bridgehead atoms. The normalized spacial score (nSPS) is 26.1. The molecule has 0 radical (unpaired) electrons. The van der Waals surface area contributed by atoms with Gasteiger partial charge in [0.15, 0.2) is 0 Å². The van der Waals surface area contributed by atoms with Crippen LogP contribution in [0.2, 0.25) is 0 Å². The highest BCUT2D eigenvalue weighted by molar-refractivity contribution is 5.29. The molecule has 1 aromatic rings. The molecular formula is C15H24N2. The first-order valence-corrected chi connectivity index (χ1v) is 6.72. The molecular weight excluding hydrogens is 208 g/mol. The number of nitrogens with two attached hydrogens (primary N) is 1. The largest absolute Gasteiger partial charge is 0.329 e. The van der Waals surface area contributed by atoms with Gasteiger partial charge < -0.3 is 11.1 Å². The quantitative estimate of drug-likeness (QED) is 0.837. The second kappa shape index (κ2) is 5.65. The summed E-state index contributed by atoms with van der Waals surface area (Å²) in [5, 5.41) is 3.73. The third kappa shape index (κ3) is 3.08. The molecule has 2 rings (SSSR count). The summed E-state index contributed by atoms with van der Waals surface area (Å²) in [7, 11) is 0. The van der Waals surface area contributed by atoms with Crippen LogP contribution in [0.4, 0.5) is 0 Å². The molecule has 1 saturated carbocycles. The fourth-order valence-corrected chi connectivity index (χ4v) is 2.91. The van der Waals surface area contributed by atoms with Gasteiger partial charge in [-0.3, -0.25) is 0 Å². The first-order chi connectivity index (χ1) is 8.20. The molecule has 1 aliphatic rings. The second-order valence-electron chi connectivity index (χ2n) is 5.43. The van der Waals surface area contributed by atoms with Gasteiger partial charge in [0.05, 0.1) is 0 Å². The minimum absolute atomic E-state index is 0.312. The summed E-state index contributed by atoms with van der Waals surface area (Å²) < 4.78 is 0. The van der Waals surface area contributed by atoms with Crippen LogP contribution in [0.5, 0.6) is 0 Å². The fourth-order valence-electron chi connectivity index (χ4n) is 2.91. The molecule has 0 saturated heterocycles. The Hall–Kier alpha value is -0.860. The molecule has 1 fully saturated rings. The Morgan fingerprint density at radius 3 is 2.71 bits per heavy atom. The molecule has 0 aliphatic heterocycles. The number of aryl methyl sites for hydroxylation is 1. The number of hydrogen-bond donors (Lipinski definition) is 2. The molecule has 2 heteroatoms. The predicted molar refractivity (Wildman–Crippen MR) is 72.9 cm³/mol. The lowest BCUT2D eigenvalue weighted by atomic mass is 10.00. The lowest BCUT2D eigenvalue weighted by Crippen LogP contribution is -2.35. The van der Waals surface area contributed by atoms with Crippen LogP contribution in [0, 0.1) is 12.8 Å². The summed E-state index contributed by atoms with van der Waals surface area (Å²) in [6.45, 7) is 5.18. The fraction of sp³-hybridized carbons (Fsp3) is 0.600. The van der Waals surface area contributed by atoms with Gasteiger partial charge in [-0.1, -0.05) is 31.2 Å². The third-order valence-corrected chi connectivity index (χ3v) is 3.93. The minimum Gasteiger partial charge on any atom is -0.329 e. The summed E-state index contributed by atoms with van der Waals surface area (Å²) in [5.74, 6) is 0.864. The van der Waals surface area contributed by atoms with Gasteiger partial charge in [-0.25, -0.2) is 0 Å². The van der Waals surface area contributed by atoms with Gasteiger partial charge in [-0.15, -0.1) is 0 Å². The summed E-state index contributed by atoms with van der Waals surface area (Å²) in [5.41, 5.74) is 8.61. The molecule has 1 aliphatic carbocycles. The van der Waals surface area contributed by atoms with E-state index in [-0.39, 0.29) is 0 Å². The molecule has 3 N–H and O–H groups in total. The average Bonchev–Trinajstić information content (AvgIpc) is 2.73. The summed E-state index contributed by atoms with van der Waals surface area (Å²) >= 11 is 0. The molecule has 0 spiro atoms. The first-order valence-electron chi connectivity index (χ1n) is 6.72. The van der Waals surface area contributed by atoms with Gasteiger partial charge in [-0.05, 0) is 43.2 Å². The molecule has 1 aromatic carbocycles. The molecule has 2 nitrogen and oxygen atoms in total. The molecule has 17 heavy (non-hydrogen) atoms. The first kappa shape index (κ1) is 12.6. The van der Waals surface area contributed by atoms with Crippen LogP contribution in [0.3, 0.4) is 0 Å². The van der Waals surface area contributed by atoms with Crippen molar-refractivity contribution in [2.45, 2.75) is 45.2 Å². The van der Waals surface area contributed by atoms with E-state index in [2.05, 4.69) is 43.4 Å².